The largest absolute Gasteiger partial charge is 0.320 e. The predicted octanol–water partition coefficient (Wildman–Crippen LogP) is 2.39. The molecule has 12 heavy (non-hydrogen) atoms. The van der Waals surface area contributed by atoms with Crippen molar-refractivity contribution in [2.75, 3.05) is 5.32 Å². The summed E-state index contributed by atoms with van der Waals surface area (Å²) in [6, 6.07) is 3.71. The van der Waals surface area contributed by atoms with Gasteiger partial charge in [0, 0.05) is 11.5 Å². The standard InChI is InChI=1S/C5H3ClN4S2/c6-3-1-2-4(11-3)7-5-8-9-10-12-5/h1-2H,(H,7,8,10). The van der Waals surface area contributed by atoms with Crippen molar-refractivity contribution in [1.29, 1.82) is 0 Å². The molecule has 0 saturated heterocycles. The van der Waals surface area contributed by atoms with E-state index in [1.54, 1.807) is 0 Å². The van der Waals surface area contributed by atoms with Crippen molar-refractivity contribution >= 4 is 44.6 Å². The van der Waals surface area contributed by atoms with Crippen molar-refractivity contribution in [2.45, 2.75) is 0 Å². The summed E-state index contributed by atoms with van der Waals surface area (Å²) < 4.78 is 4.36. The smallest absolute Gasteiger partial charge is 0.230 e. The van der Waals surface area contributed by atoms with E-state index in [2.05, 4.69) is 20.1 Å². The Kier molecular flexibility index (Phi) is 2.20. The predicted molar refractivity (Wildman–Crippen MR) is 50.3 cm³/mol. The normalized spacial score (nSPS) is 10.1. The fourth-order valence-corrected chi connectivity index (χ4v) is 2.05. The van der Waals surface area contributed by atoms with E-state index < -0.39 is 0 Å². The van der Waals surface area contributed by atoms with Crippen LogP contribution < -0.4 is 5.32 Å². The van der Waals surface area contributed by atoms with Crippen LogP contribution in [-0.4, -0.2) is 14.8 Å². The van der Waals surface area contributed by atoms with Gasteiger partial charge in [0.1, 0.15) is 0 Å². The average Bonchev–Trinajstić information content (AvgIpc) is 2.63. The molecule has 0 spiro atoms. The van der Waals surface area contributed by atoms with Gasteiger partial charge in [-0.1, -0.05) is 21.2 Å². The summed E-state index contributed by atoms with van der Waals surface area (Å²) in [5.74, 6) is 0. The number of nitrogens with zero attached hydrogens (tertiary/aromatic N) is 3. The first-order valence-corrected chi connectivity index (χ1v) is 4.99. The minimum atomic E-state index is 0.675. The highest BCUT2D eigenvalue weighted by atomic mass is 35.5. The molecule has 0 aromatic carbocycles. The first-order valence-electron chi connectivity index (χ1n) is 3.02. The highest BCUT2D eigenvalue weighted by molar-refractivity contribution is 7.20. The summed E-state index contributed by atoms with van der Waals surface area (Å²) in [4.78, 5) is 0. The summed E-state index contributed by atoms with van der Waals surface area (Å²) in [5.41, 5.74) is 0. The summed E-state index contributed by atoms with van der Waals surface area (Å²) >= 11 is 8.39. The Hall–Kier alpha value is -0.720. The lowest BCUT2D eigenvalue weighted by atomic mass is 10.6. The van der Waals surface area contributed by atoms with Gasteiger partial charge in [0.25, 0.3) is 0 Å². The van der Waals surface area contributed by atoms with Crippen molar-refractivity contribution < 1.29 is 0 Å². The van der Waals surface area contributed by atoms with Gasteiger partial charge in [0.2, 0.25) is 5.13 Å². The van der Waals surface area contributed by atoms with Gasteiger partial charge in [0.05, 0.1) is 9.34 Å². The molecule has 7 heteroatoms. The monoisotopic (exact) mass is 218 g/mol. The molecule has 0 fully saturated rings. The lowest BCUT2D eigenvalue weighted by Gasteiger charge is -1.92. The molecular formula is C5H3ClN4S2. The first kappa shape index (κ1) is 7.90. The second-order valence-electron chi connectivity index (χ2n) is 1.90. The van der Waals surface area contributed by atoms with Gasteiger partial charge < -0.3 is 5.32 Å². The minimum absolute atomic E-state index is 0.675. The minimum Gasteiger partial charge on any atom is -0.320 e. The zero-order valence-electron chi connectivity index (χ0n) is 5.69. The number of aromatic nitrogens is 3. The van der Waals surface area contributed by atoms with E-state index in [1.165, 1.54) is 22.9 Å². The maximum Gasteiger partial charge on any atom is 0.230 e. The van der Waals surface area contributed by atoms with E-state index in [1.807, 2.05) is 12.1 Å². The van der Waals surface area contributed by atoms with Gasteiger partial charge in [0.15, 0.2) is 0 Å². The molecule has 0 aliphatic heterocycles. The second-order valence-corrected chi connectivity index (χ2v) is 4.34. The summed E-state index contributed by atoms with van der Waals surface area (Å²) in [5, 5.41) is 11.8. The molecule has 0 unspecified atom stereocenters. The molecule has 2 aromatic heterocycles. The molecule has 0 saturated carbocycles. The molecular weight excluding hydrogens is 216 g/mol. The van der Waals surface area contributed by atoms with Gasteiger partial charge in [-0.25, -0.2) is 0 Å². The van der Waals surface area contributed by atoms with Gasteiger partial charge in [-0.05, 0) is 17.3 Å². The molecule has 0 atom stereocenters. The van der Waals surface area contributed by atoms with Crippen LogP contribution >= 0.6 is 34.5 Å². The van der Waals surface area contributed by atoms with Crippen molar-refractivity contribution in [1.82, 2.24) is 14.8 Å². The molecule has 2 rings (SSSR count). The van der Waals surface area contributed by atoms with Crippen LogP contribution in [0.3, 0.4) is 0 Å². The van der Waals surface area contributed by atoms with Crippen LogP contribution in [0.25, 0.3) is 0 Å². The Morgan fingerprint density at radius 1 is 1.42 bits per heavy atom. The van der Waals surface area contributed by atoms with Crippen LogP contribution in [0.5, 0.6) is 0 Å². The third kappa shape index (κ3) is 1.71. The van der Waals surface area contributed by atoms with Crippen LogP contribution in [0.1, 0.15) is 0 Å². The van der Waals surface area contributed by atoms with Crippen LogP contribution in [0.2, 0.25) is 4.34 Å². The molecule has 1 N–H and O–H groups in total. The molecule has 2 aromatic rings. The second kappa shape index (κ2) is 3.34. The molecule has 0 bridgehead atoms. The van der Waals surface area contributed by atoms with E-state index in [0.717, 1.165) is 9.34 Å². The van der Waals surface area contributed by atoms with E-state index in [-0.39, 0.29) is 0 Å². The molecule has 4 nitrogen and oxygen atoms in total. The third-order valence-electron chi connectivity index (χ3n) is 1.10. The number of hydrogen-bond donors (Lipinski definition) is 1. The highest BCUT2D eigenvalue weighted by Gasteiger charge is 2.00. The lowest BCUT2D eigenvalue weighted by molar-refractivity contribution is 0.961. The van der Waals surface area contributed by atoms with Crippen LogP contribution in [0.4, 0.5) is 10.1 Å². The van der Waals surface area contributed by atoms with Crippen molar-refractivity contribution in [3.8, 4) is 0 Å². The molecule has 0 amide bonds. The molecule has 0 radical (unpaired) electrons. The highest BCUT2D eigenvalue weighted by Crippen LogP contribution is 2.28. The number of halogens is 1. The molecule has 62 valence electrons. The topological polar surface area (TPSA) is 50.7 Å². The summed E-state index contributed by atoms with van der Waals surface area (Å²) in [6.45, 7) is 0. The van der Waals surface area contributed by atoms with Gasteiger partial charge >= 0.3 is 0 Å². The molecule has 0 aliphatic rings. The van der Waals surface area contributed by atoms with Crippen LogP contribution in [0.15, 0.2) is 12.1 Å². The van der Waals surface area contributed by atoms with E-state index in [4.69, 9.17) is 11.6 Å². The number of nitrogens with one attached hydrogen (secondary N) is 1. The zero-order valence-corrected chi connectivity index (χ0v) is 8.08. The van der Waals surface area contributed by atoms with Gasteiger partial charge in [-0.3, -0.25) is 0 Å². The van der Waals surface area contributed by atoms with Gasteiger partial charge in [-0.15, -0.1) is 11.3 Å². The van der Waals surface area contributed by atoms with Crippen LogP contribution in [-0.2, 0) is 0 Å². The van der Waals surface area contributed by atoms with E-state index in [9.17, 15) is 0 Å². The Labute approximate surface area is 81.4 Å². The number of hydrogen-bond acceptors (Lipinski definition) is 6. The first-order chi connectivity index (χ1) is 5.84. The Bertz CT molecular complexity index is 357. The van der Waals surface area contributed by atoms with Crippen LogP contribution in [0, 0.1) is 0 Å². The summed E-state index contributed by atoms with van der Waals surface area (Å²) in [6.07, 6.45) is 0. The molecule has 0 aliphatic carbocycles. The third-order valence-corrected chi connectivity index (χ3v) is 2.76. The number of thiophene rings is 1. The Morgan fingerprint density at radius 2 is 2.33 bits per heavy atom. The van der Waals surface area contributed by atoms with Crippen molar-refractivity contribution in [2.24, 2.45) is 0 Å². The summed E-state index contributed by atoms with van der Waals surface area (Å²) in [7, 11) is 0. The maximum absolute atomic E-state index is 5.73. The zero-order chi connectivity index (χ0) is 8.39. The number of rotatable bonds is 2. The fourth-order valence-electron chi connectivity index (χ4n) is 0.669. The lowest BCUT2D eigenvalue weighted by Crippen LogP contribution is -1.84. The Morgan fingerprint density at radius 3 is 2.92 bits per heavy atom. The maximum atomic E-state index is 5.73. The number of anilines is 2. The average molecular weight is 219 g/mol. The van der Waals surface area contributed by atoms with Gasteiger partial charge in [-0.2, -0.15) is 0 Å². The fraction of sp³-hybridized carbons (Fsp3) is 0. The van der Waals surface area contributed by atoms with Crippen molar-refractivity contribution in [3.05, 3.63) is 16.5 Å². The van der Waals surface area contributed by atoms with Crippen molar-refractivity contribution in [3.63, 3.8) is 0 Å². The SMILES string of the molecule is Clc1ccc(Nc2nnns2)s1. The van der Waals surface area contributed by atoms with E-state index >= 15 is 0 Å². The molecule has 2 heterocycles. The Balaban J connectivity index is 2.14. The quantitative estimate of drug-likeness (QED) is 0.841. The van der Waals surface area contributed by atoms with E-state index in [0.29, 0.717) is 5.13 Å².